The summed E-state index contributed by atoms with van der Waals surface area (Å²) >= 11 is 1.26. The van der Waals surface area contributed by atoms with Gasteiger partial charge in [0.25, 0.3) is 5.69 Å². The maximum atomic E-state index is 12.7. The number of aromatic amines is 1. The van der Waals surface area contributed by atoms with Crippen molar-refractivity contribution in [2.75, 3.05) is 5.32 Å². The van der Waals surface area contributed by atoms with Crippen LogP contribution in [0.4, 0.5) is 11.4 Å². The van der Waals surface area contributed by atoms with Crippen LogP contribution in [0, 0.1) is 17.0 Å². The highest BCUT2D eigenvalue weighted by Crippen LogP contribution is 2.30. The molecule has 0 aliphatic rings. The molecule has 10 heteroatoms. The second-order valence-electron chi connectivity index (χ2n) is 5.56. The minimum Gasteiger partial charge on any atom is -0.341 e. The number of aryl methyl sites for hydroxylation is 1. The number of thioether (sulfide) groups is 1. The Hall–Kier alpha value is -3.01. The van der Waals surface area contributed by atoms with Gasteiger partial charge in [0.15, 0.2) is 5.65 Å². The molecule has 9 nitrogen and oxygen atoms in total. The summed E-state index contributed by atoms with van der Waals surface area (Å²) in [5.74, 6) is -0.323. The van der Waals surface area contributed by atoms with Gasteiger partial charge in [0, 0.05) is 6.07 Å². The summed E-state index contributed by atoms with van der Waals surface area (Å²) in [6, 6.07) is 4.69. The predicted molar refractivity (Wildman–Crippen MR) is 98.1 cm³/mol. The number of carbonyl (C=O) groups is 1. The molecule has 0 bridgehead atoms. The average Bonchev–Trinajstić information content (AvgIpc) is 3.10. The van der Waals surface area contributed by atoms with Crippen LogP contribution in [-0.2, 0) is 4.79 Å². The van der Waals surface area contributed by atoms with E-state index in [9.17, 15) is 14.9 Å². The number of rotatable bonds is 6. The number of hydrogen-bond donors (Lipinski definition) is 2. The highest BCUT2D eigenvalue weighted by molar-refractivity contribution is 8.00. The minimum absolute atomic E-state index is 0.129. The number of anilines is 1. The maximum absolute atomic E-state index is 12.7. The summed E-state index contributed by atoms with van der Waals surface area (Å²) in [7, 11) is 0. The number of H-pyrrole nitrogens is 1. The fourth-order valence-corrected chi connectivity index (χ4v) is 3.38. The third kappa shape index (κ3) is 3.64. The molecule has 134 valence electrons. The quantitative estimate of drug-likeness (QED) is 0.294. The molecule has 3 rings (SSSR count). The molecule has 0 unspecified atom stereocenters. The van der Waals surface area contributed by atoms with Crippen molar-refractivity contribution < 1.29 is 9.72 Å². The second kappa shape index (κ2) is 7.48. The van der Waals surface area contributed by atoms with Crippen LogP contribution < -0.4 is 5.32 Å². The first-order chi connectivity index (χ1) is 12.5. The monoisotopic (exact) mass is 372 g/mol. The molecule has 2 heterocycles. The van der Waals surface area contributed by atoms with E-state index in [0.29, 0.717) is 22.6 Å². The smallest absolute Gasteiger partial charge is 0.293 e. The van der Waals surface area contributed by atoms with Gasteiger partial charge in [-0.15, -0.1) is 0 Å². The Labute approximate surface area is 152 Å². The third-order valence-corrected chi connectivity index (χ3v) is 5.08. The van der Waals surface area contributed by atoms with E-state index >= 15 is 0 Å². The summed E-state index contributed by atoms with van der Waals surface area (Å²) in [5, 5.41) is 14.0. The number of hydrogen-bond acceptors (Lipinski definition) is 7. The maximum Gasteiger partial charge on any atom is 0.293 e. The number of aromatic nitrogens is 4. The molecule has 3 aromatic rings. The Morgan fingerprint density at radius 1 is 1.38 bits per heavy atom. The number of imidazole rings is 1. The first-order valence-corrected chi connectivity index (χ1v) is 8.74. The van der Waals surface area contributed by atoms with Crippen LogP contribution in [0.5, 0.6) is 0 Å². The van der Waals surface area contributed by atoms with Gasteiger partial charge in [0.05, 0.1) is 16.5 Å². The third-order valence-electron chi connectivity index (χ3n) is 3.71. The number of benzene rings is 1. The highest BCUT2D eigenvalue weighted by Gasteiger charge is 2.23. The Morgan fingerprint density at radius 2 is 2.19 bits per heavy atom. The lowest BCUT2D eigenvalue weighted by molar-refractivity contribution is -0.384. The van der Waals surface area contributed by atoms with E-state index in [2.05, 4.69) is 25.3 Å². The van der Waals surface area contributed by atoms with E-state index in [1.807, 2.05) is 6.92 Å². The number of nitrogens with one attached hydrogen (secondary N) is 2. The highest BCUT2D eigenvalue weighted by atomic mass is 32.2. The van der Waals surface area contributed by atoms with Crippen molar-refractivity contribution in [2.45, 2.75) is 30.5 Å². The average molecular weight is 372 g/mol. The van der Waals surface area contributed by atoms with Gasteiger partial charge in [-0.1, -0.05) is 24.8 Å². The molecule has 1 atom stereocenters. The Morgan fingerprint density at radius 3 is 2.92 bits per heavy atom. The molecule has 0 radical (unpaired) electrons. The molecule has 0 saturated heterocycles. The number of nitro benzene ring substituents is 1. The molecular formula is C16H16N6O3S. The summed E-state index contributed by atoms with van der Waals surface area (Å²) < 4.78 is 0. The van der Waals surface area contributed by atoms with Crippen LogP contribution in [0.3, 0.4) is 0 Å². The lowest BCUT2D eigenvalue weighted by Gasteiger charge is -2.14. The molecule has 0 saturated carbocycles. The van der Waals surface area contributed by atoms with Crippen molar-refractivity contribution in [1.82, 2.24) is 19.9 Å². The van der Waals surface area contributed by atoms with Crippen molar-refractivity contribution in [3.05, 3.63) is 46.5 Å². The number of amides is 1. The first-order valence-electron chi connectivity index (χ1n) is 7.86. The zero-order valence-corrected chi connectivity index (χ0v) is 14.9. The zero-order chi connectivity index (χ0) is 18.7. The normalized spacial score (nSPS) is 12.1. The van der Waals surface area contributed by atoms with Crippen LogP contribution in [-0.4, -0.2) is 36.0 Å². The molecular weight excluding hydrogens is 356 g/mol. The van der Waals surface area contributed by atoms with E-state index in [4.69, 9.17) is 0 Å². The topological polar surface area (TPSA) is 127 Å². The molecule has 2 N–H and O–H groups in total. The first kappa shape index (κ1) is 17.8. The summed E-state index contributed by atoms with van der Waals surface area (Å²) in [6.07, 6.45) is 3.43. The van der Waals surface area contributed by atoms with Crippen molar-refractivity contribution in [3.8, 4) is 0 Å². The predicted octanol–water partition coefficient (Wildman–Crippen LogP) is 3.08. The molecule has 1 amide bonds. The van der Waals surface area contributed by atoms with Crippen molar-refractivity contribution in [3.63, 3.8) is 0 Å². The molecule has 0 aliphatic carbocycles. The standard InChI is InChI=1S/C16H16N6O3S/c1-3-12(26-16-13-14(18-7-17-13)19-8-20-16)15(23)21-10-5-4-9(2)6-11(10)22(24)25/h4-8,12H,3H2,1-2H3,(H,21,23)(H,17,18,19,20)/t12-/m0/s1. The van der Waals surface area contributed by atoms with Gasteiger partial charge in [-0.2, -0.15) is 0 Å². The second-order valence-corrected chi connectivity index (χ2v) is 6.75. The van der Waals surface area contributed by atoms with E-state index < -0.39 is 10.2 Å². The van der Waals surface area contributed by atoms with Crippen molar-refractivity contribution >= 4 is 40.2 Å². The van der Waals surface area contributed by atoms with E-state index in [1.165, 1.54) is 30.5 Å². The van der Waals surface area contributed by atoms with Gasteiger partial charge in [0.1, 0.15) is 22.6 Å². The van der Waals surface area contributed by atoms with Crippen LogP contribution in [0.15, 0.2) is 35.9 Å². The SMILES string of the molecule is CC[C@H](Sc1ncnc2nc[nH]c12)C(=O)Nc1ccc(C)cc1[N+](=O)[O-]. The van der Waals surface area contributed by atoms with Crippen LogP contribution in [0.25, 0.3) is 11.2 Å². The molecule has 0 fully saturated rings. The largest absolute Gasteiger partial charge is 0.341 e. The number of carbonyl (C=O) groups excluding carboxylic acids is 1. The summed E-state index contributed by atoms with van der Waals surface area (Å²) in [4.78, 5) is 38.7. The van der Waals surface area contributed by atoms with E-state index in [-0.39, 0.29) is 17.3 Å². The minimum atomic E-state index is -0.505. The van der Waals surface area contributed by atoms with Crippen LogP contribution in [0.1, 0.15) is 18.9 Å². The fourth-order valence-electron chi connectivity index (χ4n) is 2.40. The van der Waals surface area contributed by atoms with Gasteiger partial charge in [-0.05, 0) is 25.0 Å². The van der Waals surface area contributed by atoms with Gasteiger partial charge in [-0.3, -0.25) is 14.9 Å². The lowest BCUT2D eigenvalue weighted by atomic mass is 10.2. The number of fused-ring (bicyclic) bond motifs is 1. The van der Waals surface area contributed by atoms with Gasteiger partial charge in [-0.25, -0.2) is 15.0 Å². The number of nitrogens with zero attached hydrogens (tertiary/aromatic N) is 4. The molecule has 0 aliphatic heterocycles. The van der Waals surface area contributed by atoms with Crippen molar-refractivity contribution in [1.29, 1.82) is 0 Å². The van der Waals surface area contributed by atoms with Crippen molar-refractivity contribution in [2.24, 2.45) is 0 Å². The van der Waals surface area contributed by atoms with Gasteiger partial charge < -0.3 is 10.3 Å². The Kier molecular flexibility index (Phi) is 5.12. The van der Waals surface area contributed by atoms with Gasteiger partial charge >= 0.3 is 0 Å². The molecule has 26 heavy (non-hydrogen) atoms. The van der Waals surface area contributed by atoms with Crippen LogP contribution >= 0.6 is 11.8 Å². The Bertz CT molecular complexity index is 974. The fraction of sp³-hybridized carbons (Fsp3) is 0.250. The molecule has 0 spiro atoms. The van der Waals surface area contributed by atoms with E-state index in [1.54, 1.807) is 19.1 Å². The summed E-state index contributed by atoms with van der Waals surface area (Å²) in [6.45, 7) is 3.63. The lowest BCUT2D eigenvalue weighted by Crippen LogP contribution is -2.25. The number of nitro groups is 1. The molecule has 1 aromatic carbocycles. The van der Waals surface area contributed by atoms with Gasteiger partial charge in [0.2, 0.25) is 5.91 Å². The molecule has 2 aromatic heterocycles. The Balaban J connectivity index is 1.82. The van der Waals surface area contributed by atoms with E-state index in [0.717, 1.165) is 5.56 Å². The van der Waals surface area contributed by atoms with Crippen LogP contribution in [0.2, 0.25) is 0 Å². The zero-order valence-electron chi connectivity index (χ0n) is 14.1. The summed E-state index contributed by atoms with van der Waals surface area (Å²) in [5.41, 5.74) is 1.98.